The largest absolute Gasteiger partial charge is 0.511 e. The van der Waals surface area contributed by atoms with Gasteiger partial charge in [0.15, 0.2) is 0 Å². The van der Waals surface area contributed by atoms with Gasteiger partial charge in [-0.2, -0.15) is 0 Å². The van der Waals surface area contributed by atoms with Gasteiger partial charge < -0.3 is 9.92 Å². The van der Waals surface area contributed by atoms with E-state index >= 15 is 0 Å². The maximum atomic E-state index is 11.5. The summed E-state index contributed by atoms with van der Waals surface area (Å²) in [6.45, 7) is 0. The van der Waals surface area contributed by atoms with E-state index in [1.165, 1.54) is 0 Å². The molecule has 0 aromatic rings. The normalized spacial score (nSPS) is 9.86. The third kappa shape index (κ3) is 5.91. The van der Waals surface area contributed by atoms with Crippen LogP contribution in [0, 0.1) is 0 Å². The summed E-state index contributed by atoms with van der Waals surface area (Å²) in [7, 11) is 1.70. The summed E-state index contributed by atoms with van der Waals surface area (Å²) in [6.07, 6.45) is 0.0833. The molecule has 0 aromatic heterocycles. The fraction of sp³-hybridized carbons (Fsp3) is 1.00. The fourth-order valence-corrected chi connectivity index (χ4v) is 0.301. The van der Waals surface area contributed by atoms with Crippen LogP contribution in [0.15, 0.2) is 0 Å². The maximum absolute atomic E-state index is 11.5. The minimum atomic E-state index is -1.70. The Morgan fingerprint density at radius 3 is 2.14 bits per heavy atom. The van der Waals surface area contributed by atoms with E-state index in [0.29, 0.717) is 0 Å². The average molecular weight is 105 g/mol. The van der Waals surface area contributed by atoms with Crippen LogP contribution >= 0.6 is 0 Å². The lowest BCUT2D eigenvalue weighted by Crippen LogP contribution is -2.25. The highest BCUT2D eigenvalue weighted by Crippen LogP contribution is 1.78. The molecule has 0 saturated heterocycles. The molecule has 0 atom stereocenters. The number of halogens is 1. The van der Waals surface area contributed by atoms with Gasteiger partial charge in [-0.1, -0.05) is 0 Å². The third-order valence-corrected chi connectivity index (χ3v) is 0.516. The Labute approximate surface area is 43.1 Å². The van der Waals surface area contributed by atoms with Crippen LogP contribution in [-0.2, 0) is 0 Å². The first kappa shape index (κ1) is 6.91. The Balaban J connectivity index is 2.95. The Hall–Kier alpha value is -0.0851. The second-order valence-electron chi connectivity index (χ2n) is 1.70. The summed E-state index contributed by atoms with van der Waals surface area (Å²) in [4.78, 5) is 1.57. The topological polar surface area (TPSA) is 23.5 Å². The zero-order valence-electron chi connectivity index (χ0n) is 4.56. The van der Waals surface area contributed by atoms with E-state index in [-0.39, 0.29) is 6.44 Å². The van der Waals surface area contributed by atoms with Crippen LogP contribution in [0.2, 0.25) is 0 Å². The van der Waals surface area contributed by atoms with Gasteiger partial charge in [0.1, 0.15) is 0 Å². The predicted molar refractivity (Wildman–Crippen MR) is 27.6 cm³/mol. The van der Waals surface area contributed by atoms with Crippen molar-refractivity contribution in [2.75, 3.05) is 20.5 Å². The van der Waals surface area contributed by atoms with Gasteiger partial charge in [-0.25, -0.2) is 0 Å². The number of hydrogen-bond donors (Lipinski definition) is 1. The molecule has 1 N–H and O–H groups in total. The van der Waals surface area contributed by atoms with Crippen LogP contribution in [0.25, 0.3) is 0 Å². The molecule has 0 fully saturated rings. The van der Waals surface area contributed by atoms with Crippen LogP contribution in [-0.4, -0.2) is 37.7 Å². The highest BCUT2D eigenvalue weighted by molar-refractivity contribution is 6.41. The quantitative estimate of drug-likeness (QED) is 0.480. The fourth-order valence-electron chi connectivity index (χ4n) is 0.301. The van der Waals surface area contributed by atoms with Crippen LogP contribution in [0.4, 0.5) is 4.32 Å². The first-order chi connectivity index (χ1) is 3.13. The van der Waals surface area contributed by atoms with E-state index in [1.54, 1.807) is 19.0 Å². The first-order valence-electron chi connectivity index (χ1n) is 2.10. The Kier molecular flexibility index (Phi) is 2.95. The van der Waals surface area contributed by atoms with Crippen molar-refractivity contribution in [3.8, 4) is 0 Å². The van der Waals surface area contributed by atoms with Gasteiger partial charge in [0.05, 0.1) is 0 Å². The van der Waals surface area contributed by atoms with E-state index in [0.717, 1.165) is 0 Å². The molecule has 0 spiro atoms. The molecule has 0 heterocycles. The molecule has 7 heavy (non-hydrogen) atoms. The molecule has 0 bridgehead atoms. The lowest BCUT2D eigenvalue weighted by molar-refractivity contribution is 0.404. The van der Waals surface area contributed by atoms with E-state index in [9.17, 15) is 4.32 Å². The Morgan fingerprint density at radius 2 is 2.14 bits per heavy atom. The zero-order valence-corrected chi connectivity index (χ0v) is 4.56. The second-order valence-corrected chi connectivity index (χ2v) is 1.70. The highest BCUT2D eigenvalue weighted by Gasteiger charge is 2.08. The van der Waals surface area contributed by atoms with Gasteiger partial charge in [-0.05, 0) is 14.1 Å². The van der Waals surface area contributed by atoms with Gasteiger partial charge in [0.25, 0.3) is 0 Å². The van der Waals surface area contributed by atoms with Crippen LogP contribution in [0.5, 0.6) is 0 Å². The monoisotopic (exact) mass is 105 g/mol. The van der Waals surface area contributed by atoms with E-state index in [1.807, 2.05) is 0 Å². The lowest BCUT2D eigenvalue weighted by atomic mass is 9.96. The van der Waals surface area contributed by atoms with Crippen molar-refractivity contribution in [1.82, 2.24) is 4.90 Å². The molecule has 0 aliphatic rings. The van der Waals surface area contributed by atoms with Gasteiger partial charge in [0, 0.05) is 6.44 Å². The summed E-state index contributed by atoms with van der Waals surface area (Å²) < 4.78 is 11.5. The standard InChI is InChI=1S/C3H9BFNO/c1-6(2)3-4(5)7/h7H,3H2,1-2H3. The van der Waals surface area contributed by atoms with E-state index in [2.05, 4.69) is 0 Å². The van der Waals surface area contributed by atoms with Crippen LogP contribution < -0.4 is 0 Å². The van der Waals surface area contributed by atoms with Gasteiger partial charge in [0.2, 0.25) is 0 Å². The number of rotatable bonds is 2. The number of hydrogen-bond acceptors (Lipinski definition) is 2. The van der Waals surface area contributed by atoms with Crippen molar-refractivity contribution in [2.45, 2.75) is 0 Å². The van der Waals surface area contributed by atoms with Gasteiger partial charge >= 0.3 is 7.19 Å². The zero-order chi connectivity index (χ0) is 5.86. The molecule has 42 valence electrons. The first-order valence-corrected chi connectivity index (χ1v) is 2.10. The minimum absolute atomic E-state index is 0.0833. The molecule has 0 unspecified atom stereocenters. The minimum Gasteiger partial charge on any atom is -0.423 e. The number of nitrogens with zero attached hydrogens (tertiary/aromatic N) is 1. The summed E-state index contributed by atoms with van der Waals surface area (Å²) in [5, 5.41) is 8.01. The molecule has 2 nitrogen and oxygen atoms in total. The van der Waals surface area contributed by atoms with Crippen molar-refractivity contribution in [2.24, 2.45) is 0 Å². The van der Waals surface area contributed by atoms with Crippen molar-refractivity contribution >= 4 is 7.19 Å². The molecule has 0 aromatic carbocycles. The molecule has 0 amide bonds. The Bertz CT molecular complexity index is 44.2. The molecule has 0 radical (unpaired) electrons. The molecular formula is C3H9BFNO. The summed E-state index contributed by atoms with van der Waals surface area (Å²) in [5.41, 5.74) is 0. The maximum Gasteiger partial charge on any atom is 0.511 e. The van der Waals surface area contributed by atoms with E-state index < -0.39 is 7.19 Å². The molecule has 0 aliphatic carbocycles. The molecule has 4 heteroatoms. The lowest BCUT2D eigenvalue weighted by Gasteiger charge is -2.04. The van der Waals surface area contributed by atoms with Crippen molar-refractivity contribution in [3.05, 3.63) is 0 Å². The van der Waals surface area contributed by atoms with Crippen molar-refractivity contribution < 1.29 is 9.34 Å². The van der Waals surface area contributed by atoms with Crippen molar-refractivity contribution in [1.29, 1.82) is 0 Å². The summed E-state index contributed by atoms with van der Waals surface area (Å²) in [5.74, 6) is 0. The van der Waals surface area contributed by atoms with Crippen LogP contribution in [0.3, 0.4) is 0 Å². The smallest absolute Gasteiger partial charge is 0.423 e. The molecular weight excluding hydrogens is 95.8 g/mol. The molecule has 0 rings (SSSR count). The van der Waals surface area contributed by atoms with E-state index in [4.69, 9.17) is 5.02 Å². The van der Waals surface area contributed by atoms with Crippen molar-refractivity contribution in [3.63, 3.8) is 0 Å². The van der Waals surface area contributed by atoms with Crippen LogP contribution in [0.1, 0.15) is 0 Å². The highest BCUT2D eigenvalue weighted by atomic mass is 19.1. The third-order valence-electron chi connectivity index (χ3n) is 0.516. The second kappa shape index (κ2) is 2.99. The Morgan fingerprint density at radius 1 is 1.71 bits per heavy atom. The summed E-state index contributed by atoms with van der Waals surface area (Å²) in [6, 6.07) is 0. The SMILES string of the molecule is CN(C)CB(O)F. The molecule has 0 saturated carbocycles. The summed E-state index contributed by atoms with van der Waals surface area (Å²) >= 11 is 0. The van der Waals surface area contributed by atoms with Gasteiger partial charge in [-0.3, -0.25) is 4.32 Å². The average Bonchev–Trinajstić information content (AvgIpc) is 1.27. The van der Waals surface area contributed by atoms with Gasteiger partial charge in [-0.15, -0.1) is 0 Å². The predicted octanol–water partition coefficient (Wildman–Crippen LogP) is -0.463. The molecule has 0 aliphatic heterocycles.